The van der Waals surface area contributed by atoms with Gasteiger partial charge in [0.05, 0.1) is 23.6 Å². The number of nitrogens with one attached hydrogen (secondary N) is 1. The number of methoxy groups -OCH3 is 1. The van der Waals surface area contributed by atoms with Gasteiger partial charge in [-0.2, -0.15) is 4.31 Å². The van der Waals surface area contributed by atoms with Crippen LogP contribution in [0.4, 0.5) is 10.1 Å². The van der Waals surface area contributed by atoms with E-state index in [4.69, 9.17) is 4.74 Å². The summed E-state index contributed by atoms with van der Waals surface area (Å²) in [5, 5.41) is 2.74. The fourth-order valence-electron chi connectivity index (χ4n) is 3.97. The van der Waals surface area contributed by atoms with E-state index in [1.165, 1.54) is 41.7 Å². The van der Waals surface area contributed by atoms with E-state index in [1.807, 2.05) is 0 Å². The molecule has 1 aliphatic rings. The van der Waals surface area contributed by atoms with E-state index in [0.29, 0.717) is 31.8 Å². The van der Waals surface area contributed by atoms with Crippen LogP contribution in [0.5, 0.6) is 5.75 Å². The van der Waals surface area contributed by atoms with Gasteiger partial charge in [0.15, 0.2) is 0 Å². The molecule has 1 aliphatic heterocycles. The van der Waals surface area contributed by atoms with Gasteiger partial charge in [-0.3, -0.25) is 9.59 Å². The first-order chi connectivity index (χ1) is 16.2. The third-order valence-electron chi connectivity index (χ3n) is 5.94. The maximum atomic E-state index is 13.1. The second-order valence-electron chi connectivity index (χ2n) is 8.06. The number of anilines is 1. The Morgan fingerprint density at radius 1 is 1.18 bits per heavy atom. The Balaban J connectivity index is 1.70. The van der Waals surface area contributed by atoms with Crippen LogP contribution in [0.3, 0.4) is 0 Å². The fourth-order valence-corrected chi connectivity index (χ4v) is 5.46. The maximum absolute atomic E-state index is 13.1. The van der Waals surface area contributed by atoms with E-state index in [-0.39, 0.29) is 41.2 Å². The largest absolute Gasteiger partial charge is 0.495 e. The quantitative estimate of drug-likeness (QED) is 0.551. The molecule has 10 heteroatoms. The molecule has 2 amide bonds. The summed E-state index contributed by atoms with van der Waals surface area (Å²) in [6.45, 7) is 4.84. The van der Waals surface area contributed by atoms with Crippen LogP contribution in [-0.4, -0.2) is 62.7 Å². The second kappa shape index (κ2) is 11.0. The molecule has 34 heavy (non-hydrogen) atoms. The standard InChI is InChI=1S/C24H30FN3O5S/c1-4-28(5-2)34(31,32)20-10-11-22(33-3)21(15-20)26-24(30)18-14-23(29)27(16-18)13-12-17-6-8-19(25)9-7-17/h6-11,15,18H,4-5,12-14,16H2,1-3H3,(H,26,30)/t18-/m1/s1. The van der Waals surface area contributed by atoms with Gasteiger partial charge in [-0.15, -0.1) is 0 Å². The van der Waals surface area contributed by atoms with E-state index in [0.717, 1.165) is 5.56 Å². The molecule has 0 bridgehead atoms. The monoisotopic (exact) mass is 491 g/mol. The molecule has 1 saturated heterocycles. The molecule has 0 spiro atoms. The SMILES string of the molecule is CCN(CC)S(=O)(=O)c1ccc(OC)c(NC(=O)[C@@H]2CC(=O)N(CCc3ccc(F)cc3)C2)c1. The van der Waals surface area contributed by atoms with E-state index in [2.05, 4.69) is 5.32 Å². The van der Waals surface area contributed by atoms with Crippen LogP contribution in [0.1, 0.15) is 25.8 Å². The molecule has 1 atom stereocenters. The lowest BCUT2D eigenvalue weighted by molar-refractivity contribution is -0.128. The number of ether oxygens (including phenoxy) is 1. The molecule has 8 nitrogen and oxygen atoms in total. The Kier molecular flexibility index (Phi) is 8.27. The van der Waals surface area contributed by atoms with Gasteiger partial charge < -0.3 is 15.0 Å². The Morgan fingerprint density at radius 3 is 2.47 bits per heavy atom. The molecule has 1 heterocycles. The minimum absolute atomic E-state index is 0.0516. The third-order valence-corrected chi connectivity index (χ3v) is 7.99. The normalized spacial score (nSPS) is 16.2. The molecular formula is C24H30FN3O5S. The van der Waals surface area contributed by atoms with Crippen molar-refractivity contribution < 1.29 is 27.1 Å². The van der Waals surface area contributed by atoms with Crippen molar-refractivity contribution in [1.29, 1.82) is 0 Å². The highest BCUT2D eigenvalue weighted by molar-refractivity contribution is 7.89. The van der Waals surface area contributed by atoms with Crippen molar-refractivity contribution in [3.8, 4) is 5.75 Å². The van der Waals surface area contributed by atoms with E-state index < -0.39 is 15.9 Å². The molecule has 0 unspecified atom stereocenters. The van der Waals surface area contributed by atoms with Crippen molar-refractivity contribution in [3.63, 3.8) is 0 Å². The number of carbonyl (C=O) groups is 2. The van der Waals surface area contributed by atoms with Crippen LogP contribution in [0.25, 0.3) is 0 Å². The number of carbonyl (C=O) groups excluding carboxylic acids is 2. The highest BCUT2D eigenvalue weighted by Crippen LogP contribution is 2.30. The zero-order valence-corrected chi connectivity index (χ0v) is 20.4. The van der Waals surface area contributed by atoms with Gasteiger partial charge in [0, 0.05) is 32.6 Å². The first-order valence-corrected chi connectivity index (χ1v) is 12.6. The number of nitrogens with zero attached hydrogens (tertiary/aromatic N) is 2. The summed E-state index contributed by atoms with van der Waals surface area (Å²) >= 11 is 0. The number of rotatable bonds is 10. The Labute approximate surface area is 199 Å². The number of halogens is 1. The first kappa shape index (κ1) is 25.6. The third kappa shape index (κ3) is 5.74. The molecule has 0 aromatic heterocycles. The summed E-state index contributed by atoms with van der Waals surface area (Å²) < 4.78 is 45.5. The van der Waals surface area contributed by atoms with Crippen LogP contribution in [0, 0.1) is 11.7 Å². The van der Waals surface area contributed by atoms with Crippen LogP contribution < -0.4 is 10.1 Å². The van der Waals surface area contributed by atoms with Crippen LogP contribution in [0.15, 0.2) is 47.4 Å². The van der Waals surface area contributed by atoms with Crippen molar-refractivity contribution in [1.82, 2.24) is 9.21 Å². The highest BCUT2D eigenvalue weighted by atomic mass is 32.2. The number of hydrogen-bond donors (Lipinski definition) is 1. The minimum atomic E-state index is -3.72. The molecule has 0 saturated carbocycles. The zero-order valence-electron chi connectivity index (χ0n) is 19.6. The molecule has 2 aromatic rings. The van der Waals surface area contributed by atoms with Gasteiger partial charge in [-0.25, -0.2) is 12.8 Å². The van der Waals surface area contributed by atoms with E-state index >= 15 is 0 Å². The van der Waals surface area contributed by atoms with Gasteiger partial charge in [0.25, 0.3) is 0 Å². The summed E-state index contributed by atoms with van der Waals surface area (Å²) in [7, 11) is -2.29. The van der Waals surface area contributed by atoms with Crippen molar-refractivity contribution in [3.05, 3.63) is 53.8 Å². The van der Waals surface area contributed by atoms with Crippen molar-refractivity contribution in [2.45, 2.75) is 31.6 Å². The van der Waals surface area contributed by atoms with Crippen LogP contribution in [0.2, 0.25) is 0 Å². The fraction of sp³-hybridized carbons (Fsp3) is 0.417. The summed E-state index contributed by atoms with van der Waals surface area (Å²) in [6, 6.07) is 10.4. The van der Waals surface area contributed by atoms with Gasteiger partial charge in [-0.05, 0) is 42.3 Å². The van der Waals surface area contributed by atoms with Crippen molar-refractivity contribution in [2.75, 3.05) is 38.6 Å². The molecule has 0 aliphatic carbocycles. The molecule has 3 rings (SSSR count). The number of likely N-dealkylation sites (tertiary alicyclic amines) is 1. The molecule has 184 valence electrons. The summed E-state index contributed by atoms with van der Waals surface area (Å²) in [6.07, 6.45) is 0.619. The molecule has 1 fully saturated rings. The highest BCUT2D eigenvalue weighted by Gasteiger charge is 2.34. The lowest BCUT2D eigenvalue weighted by atomic mass is 10.1. The van der Waals surface area contributed by atoms with Crippen molar-refractivity contribution in [2.24, 2.45) is 5.92 Å². The predicted octanol–water partition coefficient (Wildman–Crippen LogP) is 2.89. The van der Waals surface area contributed by atoms with Crippen LogP contribution in [-0.2, 0) is 26.0 Å². The lowest BCUT2D eigenvalue weighted by Crippen LogP contribution is -2.31. The Bertz CT molecular complexity index is 1130. The second-order valence-corrected chi connectivity index (χ2v) is 10.00. The van der Waals surface area contributed by atoms with E-state index in [1.54, 1.807) is 30.9 Å². The zero-order chi connectivity index (χ0) is 24.9. The van der Waals surface area contributed by atoms with Gasteiger partial charge in [0.2, 0.25) is 21.8 Å². The molecule has 0 radical (unpaired) electrons. The Hall–Kier alpha value is -2.98. The molecular weight excluding hydrogens is 461 g/mol. The first-order valence-electron chi connectivity index (χ1n) is 11.2. The topological polar surface area (TPSA) is 96.0 Å². The predicted molar refractivity (Wildman–Crippen MR) is 127 cm³/mol. The van der Waals surface area contributed by atoms with Crippen molar-refractivity contribution >= 4 is 27.5 Å². The maximum Gasteiger partial charge on any atom is 0.243 e. The van der Waals surface area contributed by atoms with E-state index in [9.17, 15) is 22.4 Å². The summed E-state index contributed by atoms with van der Waals surface area (Å²) in [5.74, 6) is -1.08. The summed E-state index contributed by atoms with van der Waals surface area (Å²) in [5.41, 5.74) is 1.14. The average molecular weight is 492 g/mol. The molecule has 2 aromatic carbocycles. The number of hydrogen-bond acceptors (Lipinski definition) is 5. The number of amides is 2. The van der Waals surface area contributed by atoms with Gasteiger partial charge in [0.1, 0.15) is 11.6 Å². The van der Waals surface area contributed by atoms with Gasteiger partial charge >= 0.3 is 0 Å². The summed E-state index contributed by atoms with van der Waals surface area (Å²) in [4.78, 5) is 27.1. The number of benzene rings is 2. The minimum Gasteiger partial charge on any atom is -0.495 e. The number of sulfonamides is 1. The smallest absolute Gasteiger partial charge is 0.243 e. The average Bonchev–Trinajstić information content (AvgIpc) is 3.20. The lowest BCUT2D eigenvalue weighted by Gasteiger charge is -2.20. The van der Waals surface area contributed by atoms with Gasteiger partial charge in [-0.1, -0.05) is 26.0 Å². The van der Waals surface area contributed by atoms with Crippen LogP contribution >= 0.6 is 0 Å². The molecule has 1 N–H and O–H groups in total. The Morgan fingerprint density at radius 2 is 1.85 bits per heavy atom.